The van der Waals surface area contributed by atoms with Crippen molar-refractivity contribution >= 4 is 17.2 Å². The van der Waals surface area contributed by atoms with E-state index in [2.05, 4.69) is 15.4 Å². The maximum atomic E-state index is 13.1. The average Bonchev–Trinajstić information content (AvgIpc) is 3.36. The second-order valence-electron chi connectivity index (χ2n) is 7.67. The van der Waals surface area contributed by atoms with Crippen LogP contribution in [0.2, 0.25) is 0 Å². The van der Waals surface area contributed by atoms with Crippen LogP contribution in [0.15, 0.2) is 42.7 Å². The lowest BCUT2D eigenvalue weighted by Gasteiger charge is -2.24. The Kier molecular flexibility index (Phi) is 6.07. The molecule has 5 atom stereocenters. The number of rotatable bonds is 6. The minimum absolute atomic E-state index is 0.0796. The summed E-state index contributed by atoms with van der Waals surface area (Å²) in [5.41, 5.74) is 5.02. The molecule has 1 aliphatic heterocycles. The van der Waals surface area contributed by atoms with Crippen molar-refractivity contribution in [3.63, 3.8) is 0 Å². The highest BCUT2D eigenvalue weighted by molar-refractivity contribution is 5.97. The lowest BCUT2D eigenvalue weighted by atomic mass is 9.92. The van der Waals surface area contributed by atoms with Crippen molar-refractivity contribution in [3.05, 3.63) is 59.8 Å². The van der Waals surface area contributed by atoms with Crippen molar-refractivity contribution in [1.82, 2.24) is 14.6 Å². The van der Waals surface area contributed by atoms with Gasteiger partial charge in [0.1, 0.15) is 42.0 Å². The Balaban J connectivity index is 1.61. The summed E-state index contributed by atoms with van der Waals surface area (Å²) >= 11 is 0. The van der Waals surface area contributed by atoms with E-state index < -0.39 is 48.3 Å². The standard InChI is InChI=1S/C21H21FN6O5/c22-12-3-1-11(2-4-12)7-13(24)20(32)27-19-14-5-6-16(28(14)26-10-25-19)21(9-23)18(31)17(30)15(8-29)33-21/h1-6,10,13,15,17-18,29-31H,7-8,24H2,(H,25,26,27,32)/t13-,15+,17+,18+,21-/m0/s1. The van der Waals surface area contributed by atoms with Gasteiger partial charge < -0.3 is 31.1 Å². The first-order valence-electron chi connectivity index (χ1n) is 10.0. The minimum atomic E-state index is -2.01. The Bertz CT molecular complexity index is 1210. The van der Waals surface area contributed by atoms with Gasteiger partial charge in [0.2, 0.25) is 11.5 Å². The van der Waals surface area contributed by atoms with Crippen LogP contribution in [-0.4, -0.2) is 66.8 Å². The van der Waals surface area contributed by atoms with Gasteiger partial charge in [-0.2, -0.15) is 10.4 Å². The first kappa shape index (κ1) is 22.7. The maximum Gasteiger partial charge on any atom is 0.242 e. The van der Waals surface area contributed by atoms with Crippen LogP contribution in [0.3, 0.4) is 0 Å². The Morgan fingerprint density at radius 3 is 2.70 bits per heavy atom. The van der Waals surface area contributed by atoms with Gasteiger partial charge in [0.25, 0.3) is 0 Å². The van der Waals surface area contributed by atoms with Gasteiger partial charge >= 0.3 is 0 Å². The van der Waals surface area contributed by atoms with E-state index in [4.69, 9.17) is 10.5 Å². The number of nitrogens with two attached hydrogens (primary N) is 1. The number of ether oxygens (including phenoxy) is 1. The van der Waals surface area contributed by atoms with Crippen LogP contribution in [-0.2, 0) is 21.6 Å². The predicted octanol–water partition coefficient (Wildman–Crippen LogP) is -0.791. The van der Waals surface area contributed by atoms with Crippen LogP contribution in [0.1, 0.15) is 11.3 Å². The van der Waals surface area contributed by atoms with Gasteiger partial charge in [-0.15, -0.1) is 0 Å². The van der Waals surface area contributed by atoms with E-state index in [-0.39, 0.29) is 23.4 Å². The number of amides is 1. The van der Waals surface area contributed by atoms with Crippen molar-refractivity contribution in [2.45, 2.75) is 36.4 Å². The molecule has 0 radical (unpaired) electrons. The van der Waals surface area contributed by atoms with E-state index in [0.717, 1.165) is 6.33 Å². The smallest absolute Gasteiger partial charge is 0.242 e. The molecule has 4 rings (SSSR count). The highest BCUT2D eigenvalue weighted by atomic mass is 19.1. The number of carbonyl (C=O) groups is 1. The molecule has 0 saturated carbocycles. The summed E-state index contributed by atoms with van der Waals surface area (Å²) in [6, 6.07) is 9.48. The van der Waals surface area contributed by atoms with Crippen LogP contribution in [0.4, 0.5) is 10.2 Å². The van der Waals surface area contributed by atoms with E-state index in [9.17, 15) is 29.8 Å². The number of hydrogen-bond donors (Lipinski definition) is 5. The number of nitrogens with one attached hydrogen (secondary N) is 1. The minimum Gasteiger partial charge on any atom is -0.394 e. The van der Waals surface area contributed by atoms with Crippen molar-refractivity contribution in [1.29, 1.82) is 5.26 Å². The molecule has 172 valence electrons. The number of halogens is 1. The molecule has 33 heavy (non-hydrogen) atoms. The van der Waals surface area contributed by atoms with Gasteiger partial charge in [-0.1, -0.05) is 12.1 Å². The van der Waals surface area contributed by atoms with Crippen molar-refractivity contribution < 1.29 is 29.2 Å². The predicted molar refractivity (Wildman–Crippen MR) is 111 cm³/mol. The highest BCUT2D eigenvalue weighted by Gasteiger charge is 2.57. The third kappa shape index (κ3) is 3.92. The molecule has 0 bridgehead atoms. The molecule has 1 fully saturated rings. The fraction of sp³-hybridized carbons (Fsp3) is 0.333. The van der Waals surface area contributed by atoms with E-state index >= 15 is 0 Å². The van der Waals surface area contributed by atoms with Crippen LogP contribution in [0.5, 0.6) is 0 Å². The van der Waals surface area contributed by atoms with Gasteiger partial charge in [0.15, 0.2) is 5.82 Å². The lowest BCUT2D eigenvalue weighted by Crippen LogP contribution is -2.41. The SMILES string of the molecule is N#C[C@@]1(c2ccc3c(NC(=O)[C@@H](N)Cc4ccc(F)cc4)ncnn23)O[C@H](CO)[C@@H](O)[C@H]1O. The number of benzene rings is 1. The fourth-order valence-corrected chi connectivity index (χ4v) is 3.82. The van der Waals surface area contributed by atoms with Crippen molar-refractivity contribution in [3.8, 4) is 6.07 Å². The zero-order valence-electron chi connectivity index (χ0n) is 17.2. The Labute approximate surface area is 186 Å². The van der Waals surface area contributed by atoms with Gasteiger partial charge in [-0.25, -0.2) is 13.9 Å². The van der Waals surface area contributed by atoms with E-state index in [1.807, 2.05) is 6.07 Å². The summed E-state index contributed by atoms with van der Waals surface area (Å²) in [6.07, 6.45) is -3.03. The number of aromatic nitrogens is 3. The zero-order chi connectivity index (χ0) is 23.8. The summed E-state index contributed by atoms with van der Waals surface area (Å²) in [5.74, 6) is -0.852. The highest BCUT2D eigenvalue weighted by Crippen LogP contribution is 2.40. The van der Waals surface area contributed by atoms with Gasteiger partial charge in [0.05, 0.1) is 18.3 Å². The second kappa shape index (κ2) is 8.81. The van der Waals surface area contributed by atoms with E-state index in [0.29, 0.717) is 5.56 Å². The number of nitrogens with zero attached hydrogens (tertiary/aromatic N) is 4. The van der Waals surface area contributed by atoms with Crippen molar-refractivity contribution in [2.24, 2.45) is 5.73 Å². The molecule has 0 spiro atoms. The summed E-state index contributed by atoms with van der Waals surface area (Å²) in [6.45, 7) is -0.604. The van der Waals surface area contributed by atoms with Crippen molar-refractivity contribution in [2.75, 3.05) is 11.9 Å². The second-order valence-corrected chi connectivity index (χ2v) is 7.67. The third-order valence-electron chi connectivity index (χ3n) is 5.58. The topological polar surface area (TPSA) is 179 Å². The molecule has 12 heteroatoms. The van der Waals surface area contributed by atoms with Gasteiger partial charge in [-0.3, -0.25) is 4.79 Å². The van der Waals surface area contributed by atoms with Crippen LogP contribution >= 0.6 is 0 Å². The Morgan fingerprint density at radius 1 is 1.33 bits per heavy atom. The number of hydrogen-bond acceptors (Lipinski definition) is 9. The molecule has 3 heterocycles. The van der Waals surface area contributed by atoms with Gasteiger partial charge in [0, 0.05) is 0 Å². The molecule has 1 aromatic carbocycles. The van der Waals surface area contributed by atoms with Gasteiger partial charge in [-0.05, 0) is 36.2 Å². The number of nitriles is 1. The van der Waals surface area contributed by atoms with E-state index in [1.165, 1.54) is 40.9 Å². The molecule has 0 aliphatic carbocycles. The first-order chi connectivity index (χ1) is 15.8. The number of carbonyl (C=O) groups excluding carboxylic acids is 1. The fourth-order valence-electron chi connectivity index (χ4n) is 3.82. The summed E-state index contributed by atoms with van der Waals surface area (Å²) < 4.78 is 19.8. The molecule has 11 nitrogen and oxygen atoms in total. The summed E-state index contributed by atoms with van der Waals surface area (Å²) in [4.78, 5) is 16.7. The maximum absolute atomic E-state index is 13.1. The zero-order valence-corrected chi connectivity index (χ0v) is 17.2. The number of aliphatic hydroxyl groups is 3. The molecule has 3 aromatic rings. The molecule has 1 aliphatic rings. The average molecular weight is 456 g/mol. The van der Waals surface area contributed by atoms with Crippen LogP contribution < -0.4 is 11.1 Å². The summed E-state index contributed by atoms with van der Waals surface area (Å²) in [5, 5.41) is 46.5. The quantitative estimate of drug-likeness (QED) is 0.318. The normalized spacial score (nSPS) is 25.6. The van der Waals surface area contributed by atoms with Crippen LogP contribution in [0.25, 0.3) is 5.52 Å². The number of fused-ring (bicyclic) bond motifs is 1. The molecular weight excluding hydrogens is 435 g/mol. The molecule has 2 aromatic heterocycles. The molecular formula is C21H21FN6O5. The number of anilines is 1. The lowest BCUT2D eigenvalue weighted by molar-refractivity contribution is -0.117. The molecule has 1 amide bonds. The Hall–Kier alpha value is -3.47. The van der Waals surface area contributed by atoms with E-state index in [1.54, 1.807) is 0 Å². The molecule has 0 unspecified atom stereocenters. The largest absolute Gasteiger partial charge is 0.394 e. The third-order valence-corrected chi connectivity index (χ3v) is 5.58. The number of aliphatic hydroxyl groups excluding tert-OH is 3. The first-order valence-corrected chi connectivity index (χ1v) is 10.0. The molecule has 1 saturated heterocycles. The molecule has 6 N–H and O–H groups in total. The monoisotopic (exact) mass is 456 g/mol. The Morgan fingerprint density at radius 2 is 2.06 bits per heavy atom. The summed E-state index contributed by atoms with van der Waals surface area (Å²) in [7, 11) is 0. The van der Waals surface area contributed by atoms with Crippen LogP contribution in [0, 0.1) is 17.1 Å².